The number of benzene rings is 1. The minimum Gasteiger partial charge on any atom is -0.379 e. The van der Waals surface area contributed by atoms with Crippen molar-refractivity contribution in [3.63, 3.8) is 0 Å². The molecule has 2 amide bonds. The van der Waals surface area contributed by atoms with Gasteiger partial charge >= 0.3 is 0 Å². The Morgan fingerprint density at radius 2 is 1.78 bits per heavy atom. The molecule has 0 spiro atoms. The van der Waals surface area contributed by atoms with Gasteiger partial charge < -0.3 is 15.4 Å². The number of aryl methyl sites for hydroxylation is 2. The normalized spacial score (nSPS) is 15.9. The number of nitrogens with zero attached hydrogens (tertiary/aromatic N) is 3. The number of ether oxygens (including phenoxy) is 1. The lowest BCUT2D eigenvalue weighted by Gasteiger charge is -2.34. The minimum atomic E-state index is -0.803. The van der Waals surface area contributed by atoms with E-state index in [-0.39, 0.29) is 18.4 Å². The summed E-state index contributed by atoms with van der Waals surface area (Å²) in [6.45, 7) is 6.20. The molecule has 8 nitrogen and oxygen atoms in total. The Bertz CT molecular complexity index is 947. The Morgan fingerprint density at radius 3 is 2.41 bits per heavy atom. The van der Waals surface area contributed by atoms with E-state index >= 15 is 0 Å². The second-order valence-electron chi connectivity index (χ2n) is 7.97. The summed E-state index contributed by atoms with van der Waals surface area (Å²) in [5.41, 5.74) is 3.93. The molecule has 3 rings (SSSR count). The van der Waals surface area contributed by atoms with Crippen LogP contribution >= 0.6 is 0 Å². The van der Waals surface area contributed by atoms with Crippen LogP contribution < -0.4 is 10.6 Å². The molecule has 8 heteroatoms. The SMILES string of the molecule is Cc1cc(C)cc(CC(NC(=O)C(c2ccncc2)N2CCOCC2)C(=O)NCC#N)c1. The van der Waals surface area contributed by atoms with Crippen LogP contribution in [0, 0.1) is 25.2 Å². The fourth-order valence-electron chi connectivity index (χ4n) is 4.04. The molecule has 0 aliphatic carbocycles. The van der Waals surface area contributed by atoms with Crippen LogP contribution in [0.15, 0.2) is 42.7 Å². The second-order valence-corrected chi connectivity index (χ2v) is 7.97. The van der Waals surface area contributed by atoms with Crippen molar-refractivity contribution < 1.29 is 14.3 Å². The highest BCUT2D eigenvalue weighted by atomic mass is 16.5. The lowest BCUT2D eigenvalue weighted by atomic mass is 9.99. The third-order valence-electron chi connectivity index (χ3n) is 5.38. The number of carbonyl (C=O) groups excluding carboxylic acids is 2. The molecular weight excluding hydrogens is 406 g/mol. The van der Waals surface area contributed by atoms with Crippen molar-refractivity contribution in [2.24, 2.45) is 0 Å². The highest BCUT2D eigenvalue weighted by Crippen LogP contribution is 2.22. The zero-order valence-electron chi connectivity index (χ0n) is 18.5. The summed E-state index contributed by atoms with van der Waals surface area (Å²) in [5.74, 6) is -0.644. The maximum absolute atomic E-state index is 13.5. The van der Waals surface area contributed by atoms with E-state index in [1.807, 2.05) is 44.2 Å². The molecule has 2 unspecified atom stereocenters. The van der Waals surface area contributed by atoms with E-state index in [9.17, 15) is 9.59 Å². The van der Waals surface area contributed by atoms with Crippen LogP contribution in [0.3, 0.4) is 0 Å². The molecule has 1 aromatic carbocycles. The van der Waals surface area contributed by atoms with Crippen molar-refractivity contribution >= 4 is 11.8 Å². The molecule has 1 aliphatic rings. The van der Waals surface area contributed by atoms with Crippen LogP contribution in [0.5, 0.6) is 0 Å². The van der Waals surface area contributed by atoms with Gasteiger partial charge in [0.2, 0.25) is 11.8 Å². The fraction of sp³-hybridized carbons (Fsp3) is 0.417. The molecule has 1 fully saturated rings. The summed E-state index contributed by atoms with van der Waals surface area (Å²) in [4.78, 5) is 32.4. The van der Waals surface area contributed by atoms with Gasteiger partial charge in [-0.2, -0.15) is 5.26 Å². The summed E-state index contributed by atoms with van der Waals surface area (Å²) >= 11 is 0. The molecule has 1 saturated heterocycles. The van der Waals surface area contributed by atoms with Gasteiger partial charge in [0.1, 0.15) is 18.6 Å². The number of nitriles is 1. The van der Waals surface area contributed by atoms with Crippen LogP contribution in [0.25, 0.3) is 0 Å². The average molecular weight is 436 g/mol. The van der Waals surface area contributed by atoms with Crippen LogP contribution in [0.1, 0.15) is 28.3 Å². The predicted octanol–water partition coefficient (Wildman–Crippen LogP) is 1.44. The lowest BCUT2D eigenvalue weighted by molar-refractivity contribution is -0.133. The van der Waals surface area contributed by atoms with Crippen molar-refractivity contribution in [3.05, 3.63) is 65.0 Å². The predicted molar refractivity (Wildman–Crippen MR) is 120 cm³/mol. The molecule has 2 N–H and O–H groups in total. The smallest absolute Gasteiger partial charge is 0.243 e. The number of carbonyl (C=O) groups is 2. The van der Waals surface area contributed by atoms with Crippen molar-refractivity contribution in [1.29, 1.82) is 5.26 Å². The van der Waals surface area contributed by atoms with Crippen LogP contribution in [0.2, 0.25) is 0 Å². The van der Waals surface area contributed by atoms with Gasteiger partial charge in [-0.3, -0.25) is 19.5 Å². The summed E-state index contributed by atoms with van der Waals surface area (Å²) in [5, 5.41) is 14.4. The molecule has 0 saturated carbocycles. The molecular formula is C24H29N5O3. The summed E-state index contributed by atoms with van der Waals surface area (Å²) in [6.07, 6.45) is 3.64. The largest absolute Gasteiger partial charge is 0.379 e. The number of nitrogens with one attached hydrogen (secondary N) is 2. The molecule has 0 bridgehead atoms. The molecule has 0 radical (unpaired) electrons. The Labute approximate surface area is 188 Å². The van der Waals surface area contributed by atoms with Crippen molar-refractivity contribution in [1.82, 2.24) is 20.5 Å². The molecule has 2 heterocycles. The Kier molecular flexibility index (Phi) is 8.31. The first-order chi connectivity index (χ1) is 15.5. The summed E-state index contributed by atoms with van der Waals surface area (Å²) < 4.78 is 5.45. The van der Waals surface area contributed by atoms with E-state index < -0.39 is 12.1 Å². The second kappa shape index (κ2) is 11.4. The Morgan fingerprint density at radius 1 is 1.12 bits per heavy atom. The number of rotatable bonds is 8. The molecule has 2 atom stereocenters. The maximum atomic E-state index is 13.5. The number of hydrogen-bond donors (Lipinski definition) is 2. The molecule has 32 heavy (non-hydrogen) atoms. The first kappa shape index (κ1) is 23.4. The number of pyridine rings is 1. The Balaban J connectivity index is 1.85. The number of morpholine rings is 1. The monoisotopic (exact) mass is 435 g/mol. The van der Waals surface area contributed by atoms with E-state index in [1.165, 1.54) is 0 Å². The summed E-state index contributed by atoms with van der Waals surface area (Å²) in [6, 6.07) is 10.2. The van der Waals surface area contributed by atoms with E-state index in [0.717, 1.165) is 22.3 Å². The molecule has 1 aromatic heterocycles. The Hall–Kier alpha value is -3.28. The number of aromatic nitrogens is 1. The van der Waals surface area contributed by atoms with Gasteiger partial charge in [-0.15, -0.1) is 0 Å². The first-order valence-electron chi connectivity index (χ1n) is 10.7. The molecule has 2 aromatic rings. The van der Waals surface area contributed by atoms with Gasteiger partial charge in [-0.25, -0.2) is 0 Å². The number of amides is 2. The molecule has 1 aliphatic heterocycles. The van der Waals surface area contributed by atoms with Crippen molar-refractivity contribution in [3.8, 4) is 6.07 Å². The van der Waals surface area contributed by atoms with Crippen molar-refractivity contribution in [2.45, 2.75) is 32.4 Å². The first-order valence-corrected chi connectivity index (χ1v) is 10.7. The maximum Gasteiger partial charge on any atom is 0.243 e. The average Bonchev–Trinajstić information content (AvgIpc) is 2.78. The van der Waals surface area contributed by atoms with E-state index in [2.05, 4.69) is 26.6 Å². The lowest BCUT2D eigenvalue weighted by Crippen LogP contribution is -2.53. The van der Waals surface area contributed by atoms with E-state index in [0.29, 0.717) is 32.7 Å². The zero-order chi connectivity index (χ0) is 22.9. The van der Waals surface area contributed by atoms with Gasteiger partial charge in [0.05, 0.1) is 19.3 Å². The van der Waals surface area contributed by atoms with Gasteiger partial charge in [0.25, 0.3) is 0 Å². The zero-order valence-corrected chi connectivity index (χ0v) is 18.5. The van der Waals surface area contributed by atoms with E-state index in [4.69, 9.17) is 10.00 Å². The van der Waals surface area contributed by atoms with Crippen LogP contribution in [-0.4, -0.2) is 60.6 Å². The molecule has 168 valence electrons. The number of hydrogen-bond acceptors (Lipinski definition) is 6. The third-order valence-corrected chi connectivity index (χ3v) is 5.38. The minimum absolute atomic E-state index is 0.116. The highest BCUT2D eigenvalue weighted by Gasteiger charge is 2.32. The van der Waals surface area contributed by atoms with E-state index in [1.54, 1.807) is 12.4 Å². The third kappa shape index (κ3) is 6.36. The van der Waals surface area contributed by atoms with Crippen LogP contribution in [-0.2, 0) is 20.7 Å². The van der Waals surface area contributed by atoms with Gasteiger partial charge in [0.15, 0.2) is 0 Å². The van der Waals surface area contributed by atoms with Gasteiger partial charge in [-0.1, -0.05) is 29.3 Å². The highest BCUT2D eigenvalue weighted by molar-refractivity contribution is 5.90. The van der Waals surface area contributed by atoms with Crippen LogP contribution in [0.4, 0.5) is 0 Å². The van der Waals surface area contributed by atoms with Gasteiger partial charge in [0, 0.05) is 31.9 Å². The summed E-state index contributed by atoms with van der Waals surface area (Å²) in [7, 11) is 0. The quantitative estimate of drug-likeness (QED) is 0.608. The van der Waals surface area contributed by atoms with Gasteiger partial charge in [-0.05, 0) is 37.1 Å². The fourth-order valence-corrected chi connectivity index (χ4v) is 4.04. The topological polar surface area (TPSA) is 107 Å². The van der Waals surface area contributed by atoms with Crippen molar-refractivity contribution in [2.75, 3.05) is 32.8 Å². The standard InChI is InChI=1S/C24H29N5O3/c1-17-13-18(2)15-19(14-17)16-21(23(30)27-8-5-25)28-24(31)22(20-3-6-26-7-4-20)29-9-11-32-12-10-29/h3-4,6-7,13-15,21-22H,8-12,16H2,1-2H3,(H,27,30)(H,28,31).